The first-order valence-corrected chi connectivity index (χ1v) is 6.39. The molecule has 0 spiro atoms. The largest absolute Gasteiger partial charge is 0.396 e. The van der Waals surface area contributed by atoms with Gasteiger partial charge in [-0.3, -0.25) is 9.59 Å². The minimum atomic E-state index is -0.277. The van der Waals surface area contributed by atoms with Crippen molar-refractivity contribution in [2.24, 2.45) is 0 Å². The Labute approximate surface area is 116 Å². The molecule has 1 aromatic heterocycles. The first-order chi connectivity index (χ1) is 9.69. The minimum absolute atomic E-state index is 0.147. The number of pyridine rings is 1. The molecule has 3 N–H and O–H groups in total. The zero-order valence-corrected chi connectivity index (χ0v) is 10.9. The summed E-state index contributed by atoms with van der Waals surface area (Å²) in [5.41, 5.74) is 1.90. The maximum Gasteiger partial charge on any atom is 0.257 e. The van der Waals surface area contributed by atoms with Gasteiger partial charge in [0, 0.05) is 24.6 Å². The topological polar surface area (TPSA) is 82.2 Å². The van der Waals surface area contributed by atoms with Crippen molar-refractivity contribution in [3.05, 3.63) is 64.1 Å². The van der Waals surface area contributed by atoms with Gasteiger partial charge in [-0.1, -0.05) is 12.1 Å². The molecule has 2 aromatic rings. The third-order valence-electron chi connectivity index (χ3n) is 2.85. The van der Waals surface area contributed by atoms with E-state index in [4.69, 9.17) is 5.11 Å². The summed E-state index contributed by atoms with van der Waals surface area (Å²) in [5, 5.41) is 11.6. The van der Waals surface area contributed by atoms with Crippen LogP contribution in [0, 0.1) is 0 Å². The van der Waals surface area contributed by atoms with E-state index in [1.165, 1.54) is 18.3 Å². The lowest BCUT2D eigenvalue weighted by Crippen LogP contribution is -2.14. The second kappa shape index (κ2) is 6.68. The van der Waals surface area contributed by atoms with Crippen molar-refractivity contribution in [2.75, 3.05) is 11.9 Å². The van der Waals surface area contributed by atoms with Crippen LogP contribution in [0.25, 0.3) is 0 Å². The number of carbonyl (C=O) groups excluding carboxylic acids is 1. The van der Waals surface area contributed by atoms with Gasteiger partial charge in [0.1, 0.15) is 0 Å². The fraction of sp³-hybridized carbons (Fsp3) is 0.200. The third kappa shape index (κ3) is 3.80. The lowest BCUT2D eigenvalue weighted by Gasteiger charge is -2.07. The number of aromatic nitrogens is 1. The monoisotopic (exact) mass is 272 g/mol. The second-order valence-corrected chi connectivity index (χ2v) is 4.42. The summed E-state index contributed by atoms with van der Waals surface area (Å²) in [7, 11) is 0. The lowest BCUT2D eigenvalue weighted by atomic mass is 10.1. The molecular formula is C15H16N2O3. The number of carbonyl (C=O) groups is 1. The number of aromatic amines is 1. The van der Waals surface area contributed by atoms with E-state index in [2.05, 4.69) is 10.3 Å². The summed E-state index contributed by atoms with van der Waals surface area (Å²) in [6.07, 6.45) is 2.84. The van der Waals surface area contributed by atoms with E-state index in [1.807, 2.05) is 18.2 Å². The molecule has 1 aromatic carbocycles. The number of benzene rings is 1. The number of amides is 1. The van der Waals surface area contributed by atoms with Crippen LogP contribution >= 0.6 is 0 Å². The predicted octanol–water partition coefficient (Wildman–Crippen LogP) is 1.55. The molecule has 0 aliphatic rings. The molecule has 2 rings (SSSR count). The smallest absolute Gasteiger partial charge is 0.257 e. The van der Waals surface area contributed by atoms with Crippen LogP contribution in [-0.4, -0.2) is 22.6 Å². The van der Waals surface area contributed by atoms with Crippen LogP contribution in [-0.2, 0) is 6.42 Å². The number of aryl methyl sites for hydroxylation is 1. The number of nitrogens with one attached hydrogen (secondary N) is 2. The maximum absolute atomic E-state index is 12.0. The van der Waals surface area contributed by atoms with E-state index in [9.17, 15) is 9.59 Å². The summed E-state index contributed by atoms with van der Waals surface area (Å²) in [6, 6.07) is 10.3. The van der Waals surface area contributed by atoms with Crippen LogP contribution in [0.15, 0.2) is 47.4 Å². The Morgan fingerprint density at radius 2 is 2.10 bits per heavy atom. The molecule has 20 heavy (non-hydrogen) atoms. The summed E-state index contributed by atoms with van der Waals surface area (Å²) in [4.78, 5) is 25.4. The van der Waals surface area contributed by atoms with Gasteiger partial charge in [-0.05, 0) is 36.6 Å². The van der Waals surface area contributed by atoms with Crippen LogP contribution in [0.2, 0.25) is 0 Å². The molecule has 0 atom stereocenters. The second-order valence-electron chi connectivity index (χ2n) is 4.42. The first kappa shape index (κ1) is 14.0. The average Bonchev–Trinajstić information content (AvgIpc) is 2.46. The van der Waals surface area contributed by atoms with Crippen LogP contribution in [0.1, 0.15) is 22.3 Å². The zero-order valence-electron chi connectivity index (χ0n) is 10.9. The lowest BCUT2D eigenvalue weighted by molar-refractivity contribution is 0.102. The van der Waals surface area contributed by atoms with Crippen molar-refractivity contribution in [1.82, 2.24) is 4.98 Å². The van der Waals surface area contributed by atoms with Gasteiger partial charge in [-0.15, -0.1) is 0 Å². The van der Waals surface area contributed by atoms with E-state index in [0.29, 0.717) is 17.7 Å². The Hall–Kier alpha value is -2.40. The van der Waals surface area contributed by atoms with E-state index in [0.717, 1.165) is 12.0 Å². The Morgan fingerprint density at radius 3 is 2.80 bits per heavy atom. The fourth-order valence-corrected chi connectivity index (χ4v) is 1.84. The van der Waals surface area contributed by atoms with Crippen molar-refractivity contribution in [3.8, 4) is 0 Å². The van der Waals surface area contributed by atoms with Gasteiger partial charge >= 0.3 is 0 Å². The molecule has 1 heterocycles. The molecular weight excluding hydrogens is 256 g/mol. The van der Waals surface area contributed by atoms with Gasteiger partial charge in [-0.25, -0.2) is 0 Å². The van der Waals surface area contributed by atoms with E-state index >= 15 is 0 Å². The molecule has 5 heteroatoms. The summed E-state index contributed by atoms with van der Waals surface area (Å²) >= 11 is 0. The van der Waals surface area contributed by atoms with Crippen LogP contribution in [0.5, 0.6) is 0 Å². The Balaban J connectivity index is 2.07. The summed E-state index contributed by atoms with van der Waals surface area (Å²) in [5.74, 6) is -0.277. The molecule has 1 amide bonds. The van der Waals surface area contributed by atoms with Gasteiger partial charge < -0.3 is 15.4 Å². The SMILES string of the molecule is O=C(Nc1cccc(CCCO)c1)c1ccc(=O)[nH]c1. The highest BCUT2D eigenvalue weighted by molar-refractivity contribution is 6.04. The van der Waals surface area contributed by atoms with E-state index in [1.54, 1.807) is 6.07 Å². The molecule has 5 nitrogen and oxygen atoms in total. The fourth-order valence-electron chi connectivity index (χ4n) is 1.84. The van der Waals surface area contributed by atoms with Crippen molar-refractivity contribution in [2.45, 2.75) is 12.8 Å². The molecule has 0 saturated carbocycles. The molecule has 0 aliphatic heterocycles. The van der Waals surface area contributed by atoms with E-state index < -0.39 is 0 Å². The molecule has 0 saturated heterocycles. The normalized spacial score (nSPS) is 10.2. The highest BCUT2D eigenvalue weighted by atomic mass is 16.2. The predicted molar refractivity (Wildman–Crippen MR) is 76.9 cm³/mol. The number of anilines is 1. The molecule has 0 bridgehead atoms. The number of hydrogen-bond acceptors (Lipinski definition) is 3. The van der Waals surface area contributed by atoms with Crippen molar-refractivity contribution in [3.63, 3.8) is 0 Å². The quantitative estimate of drug-likeness (QED) is 0.772. The Kier molecular flexibility index (Phi) is 4.68. The van der Waals surface area contributed by atoms with Gasteiger partial charge in [0.2, 0.25) is 5.56 Å². The number of rotatable bonds is 5. The number of H-pyrrole nitrogens is 1. The highest BCUT2D eigenvalue weighted by Gasteiger charge is 2.06. The summed E-state index contributed by atoms with van der Waals surface area (Å²) in [6.45, 7) is 0.147. The molecule has 0 fully saturated rings. The third-order valence-corrected chi connectivity index (χ3v) is 2.85. The maximum atomic E-state index is 12.0. The molecule has 0 radical (unpaired) electrons. The van der Waals surface area contributed by atoms with Crippen molar-refractivity contribution >= 4 is 11.6 Å². The zero-order chi connectivity index (χ0) is 14.4. The minimum Gasteiger partial charge on any atom is -0.396 e. The molecule has 0 aliphatic carbocycles. The van der Waals surface area contributed by atoms with Gasteiger partial charge in [-0.2, -0.15) is 0 Å². The van der Waals surface area contributed by atoms with E-state index in [-0.39, 0.29) is 18.1 Å². The van der Waals surface area contributed by atoms with Crippen molar-refractivity contribution in [1.29, 1.82) is 0 Å². The molecule has 0 unspecified atom stereocenters. The van der Waals surface area contributed by atoms with Crippen molar-refractivity contribution < 1.29 is 9.90 Å². The average molecular weight is 272 g/mol. The van der Waals surface area contributed by atoms with Gasteiger partial charge in [0.15, 0.2) is 0 Å². The summed E-state index contributed by atoms with van der Waals surface area (Å²) < 4.78 is 0. The number of aliphatic hydroxyl groups excluding tert-OH is 1. The molecule has 104 valence electrons. The first-order valence-electron chi connectivity index (χ1n) is 6.39. The number of hydrogen-bond donors (Lipinski definition) is 3. The Bertz CT molecular complexity index is 629. The Morgan fingerprint density at radius 1 is 1.25 bits per heavy atom. The standard InChI is InChI=1S/C15H16N2O3/c18-8-2-4-11-3-1-5-13(9-11)17-15(20)12-6-7-14(19)16-10-12/h1,3,5-7,9-10,18H,2,4,8H2,(H,16,19)(H,17,20). The number of aliphatic hydroxyl groups is 1. The van der Waals surface area contributed by atoms with Gasteiger partial charge in [0.05, 0.1) is 5.56 Å². The van der Waals surface area contributed by atoms with Crippen LogP contribution in [0.3, 0.4) is 0 Å². The highest BCUT2D eigenvalue weighted by Crippen LogP contribution is 2.13. The van der Waals surface area contributed by atoms with Crippen LogP contribution in [0.4, 0.5) is 5.69 Å². The van der Waals surface area contributed by atoms with Gasteiger partial charge in [0.25, 0.3) is 5.91 Å². The van der Waals surface area contributed by atoms with Crippen LogP contribution < -0.4 is 10.9 Å².